The van der Waals surface area contributed by atoms with Crippen molar-refractivity contribution in [3.8, 4) is 0 Å². The van der Waals surface area contributed by atoms with Gasteiger partial charge in [0, 0.05) is 12.5 Å². The van der Waals surface area contributed by atoms with Crippen LogP contribution in [0.4, 0.5) is 5.82 Å². The van der Waals surface area contributed by atoms with Gasteiger partial charge in [-0.25, -0.2) is 9.97 Å². The molecular formula is C13H20IN3. The van der Waals surface area contributed by atoms with E-state index in [0.717, 1.165) is 18.1 Å². The minimum absolute atomic E-state index is 0.238. The van der Waals surface area contributed by atoms with Crippen LogP contribution in [0.1, 0.15) is 45.1 Å². The smallest absolute Gasteiger partial charge is 0.143 e. The van der Waals surface area contributed by atoms with Crippen molar-refractivity contribution >= 4 is 28.4 Å². The molecule has 1 saturated carbocycles. The van der Waals surface area contributed by atoms with Crippen LogP contribution in [0.2, 0.25) is 0 Å². The largest absolute Gasteiger partial charge is 0.372 e. The number of aromatic nitrogens is 2. The Kier molecular flexibility index (Phi) is 3.61. The number of hydrogen-bond donors (Lipinski definition) is 1. The number of nitrogens with zero attached hydrogens (tertiary/aromatic N) is 2. The van der Waals surface area contributed by atoms with Crippen molar-refractivity contribution in [1.29, 1.82) is 0 Å². The highest BCUT2D eigenvalue weighted by Gasteiger charge is 2.42. The molecule has 0 amide bonds. The molecule has 1 aliphatic rings. The summed E-state index contributed by atoms with van der Waals surface area (Å²) < 4.78 is 1.17. The standard InChI is InChI=1S/C13H20IN3/c1-8(2)7-9-10(14)11(15-4)17-12(16-9)13(3)5-6-13/h8H,5-7H2,1-4H3,(H,15,16,17). The quantitative estimate of drug-likeness (QED) is 0.851. The number of hydrogen-bond acceptors (Lipinski definition) is 3. The highest BCUT2D eigenvalue weighted by atomic mass is 127. The van der Waals surface area contributed by atoms with Gasteiger partial charge in [0.1, 0.15) is 11.6 Å². The zero-order chi connectivity index (χ0) is 12.6. The molecule has 1 aromatic rings. The molecule has 1 aliphatic carbocycles. The third-order valence-electron chi connectivity index (χ3n) is 3.30. The lowest BCUT2D eigenvalue weighted by Gasteiger charge is -2.15. The van der Waals surface area contributed by atoms with Crippen molar-refractivity contribution in [2.75, 3.05) is 12.4 Å². The summed E-state index contributed by atoms with van der Waals surface area (Å²) in [6.07, 6.45) is 3.47. The van der Waals surface area contributed by atoms with Crippen LogP contribution in [-0.2, 0) is 11.8 Å². The summed E-state index contributed by atoms with van der Waals surface area (Å²) in [5.74, 6) is 2.64. The number of anilines is 1. The molecule has 1 fully saturated rings. The number of halogens is 1. The molecule has 94 valence electrons. The van der Waals surface area contributed by atoms with Gasteiger partial charge in [-0.15, -0.1) is 0 Å². The molecule has 3 nitrogen and oxygen atoms in total. The molecule has 1 aromatic heterocycles. The first-order valence-electron chi connectivity index (χ1n) is 6.21. The van der Waals surface area contributed by atoms with E-state index < -0.39 is 0 Å². The summed E-state index contributed by atoms with van der Waals surface area (Å²) in [4.78, 5) is 9.46. The van der Waals surface area contributed by atoms with E-state index in [-0.39, 0.29) is 5.41 Å². The average molecular weight is 345 g/mol. The van der Waals surface area contributed by atoms with Crippen LogP contribution in [0.25, 0.3) is 0 Å². The fourth-order valence-electron chi connectivity index (χ4n) is 1.86. The molecule has 0 spiro atoms. The van der Waals surface area contributed by atoms with Crippen molar-refractivity contribution in [3.05, 3.63) is 15.1 Å². The van der Waals surface area contributed by atoms with E-state index in [1.54, 1.807) is 0 Å². The van der Waals surface area contributed by atoms with Gasteiger partial charge in [-0.3, -0.25) is 0 Å². The topological polar surface area (TPSA) is 37.8 Å². The highest BCUT2D eigenvalue weighted by molar-refractivity contribution is 14.1. The Bertz CT molecular complexity index is 425. The van der Waals surface area contributed by atoms with Gasteiger partial charge in [0.2, 0.25) is 0 Å². The van der Waals surface area contributed by atoms with E-state index in [9.17, 15) is 0 Å². The highest BCUT2D eigenvalue weighted by Crippen LogP contribution is 2.46. The second-order valence-corrected chi connectivity index (χ2v) is 6.64. The van der Waals surface area contributed by atoms with E-state index in [0.29, 0.717) is 5.92 Å². The Labute approximate surface area is 117 Å². The molecule has 2 rings (SSSR count). The van der Waals surface area contributed by atoms with E-state index in [1.165, 1.54) is 22.1 Å². The normalized spacial score (nSPS) is 17.3. The van der Waals surface area contributed by atoms with Crippen molar-refractivity contribution in [2.24, 2.45) is 5.92 Å². The van der Waals surface area contributed by atoms with Crippen LogP contribution in [-0.4, -0.2) is 17.0 Å². The minimum Gasteiger partial charge on any atom is -0.372 e. The van der Waals surface area contributed by atoms with Crippen LogP contribution in [0.5, 0.6) is 0 Å². The summed E-state index contributed by atoms with van der Waals surface area (Å²) >= 11 is 2.35. The minimum atomic E-state index is 0.238. The molecule has 0 unspecified atom stereocenters. The third kappa shape index (κ3) is 2.72. The summed E-state index contributed by atoms with van der Waals surface area (Å²) in [5, 5.41) is 3.19. The van der Waals surface area contributed by atoms with Gasteiger partial charge in [-0.2, -0.15) is 0 Å². The maximum atomic E-state index is 4.80. The summed E-state index contributed by atoms with van der Waals surface area (Å²) in [6, 6.07) is 0. The van der Waals surface area contributed by atoms with Crippen molar-refractivity contribution < 1.29 is 0 Å². The van der Waals surface area contributed by atoms with Crippen LogP contribution in [0.3, 0.4) is 0 Å². The van der Waals surface area contributed by atoms with Gasteiger partial charge in [0.15, 0.2) is 0 Å². The molecular weight excluding hydrogens is 325 g/mol. The van der Waals surface area contributed by atoms with Crippen LogP contribution >= 0.6 is 22.6 Å². The molecule has 0 radical (unpaired) electrons. The second kappa shape index (κ2) is 4.71. The van der Waals surface area contributed by atoms with E-state index >= 15 is 0 Å². The Balaban J connectivity index is 2.42. The zero-order valence-corrected chi connectivity index (χ0v) is 13.1. The SMILES string of the molecule is CNc1nc(C2(C)CC2)nc(CC(C)C)c1I. The third-order valence-corrected chi connectivity index (χ3v) is 4.43. The lowest BCUT2D eigenvalue weighted by molar-refractivity contribution is 0.616. The predicted octanol–water partition coefficient (Wildman–Crippen LogP) is 3.37. The molecule has 0 atom stereocenters. The fourth-order valence-corrected chi connectivity index (χ4v) is 2.59. The Morgan fingerprint density at radius 2 is 2.00 bits per heavy atom. The first-order chi connectivity index (χ1) is 7.96. The predicted molar refractivity (Wildman–Crippen MR) is 79.4 cm³/mol. The Hall–Kier alpha value is -0.390. The summed E-state index contributed by atoms with van der Waals surface area (Å²) in [5.41, 5.74) is 1.44. The monoisotopic (exact) mass is 345 g/mol. The first kappa shape index (κ1) is 13.1. The number of rotatable bonds is 4. The lowest BCUT2D eigenvalue weighted by Crippen LogP contribution is -2.14. The molecule has 1 heterocycles. The lowest BCUT2D eigenvalue weighted by atomic mass is 10.1. The maximum absolute atomic E-state index is 4.80. The van der Waals surface area contributed by atoms with Gasteiger partial charge in [0.05, 0.1) is 9.26 Å². The van der Waals surface area contributed by atoms with E-state index in [1.807, 2.05) is 7.05 Å². The van der Waals surface area contributed by atoms with Gasteiger partial charge < -0.3 is 5.32 Å². The molecule has 0 bridgehead atoms. The van der Waals surface area contributed by atoms with E-state index in [4.69, 9.17) is 4.98 Å². The molecule has 0 aromatic carbocycles. The Morgan fingerprint density at radius 3 is 2.47 bits per heavy atom. The van der Waals surface area contributed by atoms with Gasteiger partial charge in [-0.05, 0) is 47.8 Å². The molecule has 0 saturated heterocycles. The van der Waals surface area contributed by atoms with Gasteiger partial charge >= 0.3 is 0 Å². The van der Waals surface area contributed by atoms with Crippen molar-refractivity contribution in [2.45, 2.75) is 45.4 Å². The van der Waals surface area contributed by atoms with E-state index in [2.05, 4.69) is 53.7 Å². The summed E-state index contributed by atoms with van der Waals surface area (Å²) in [7, 11) is 1.93. The number of nitrogens with one attached hydrogen (secondary N) is 1. The van der Waals surface area contributed by atoms with Gasteiger partial charge in [0.25, 0.3) is 0 Å². The molecule has 17 heavy (non-hydrogen) atoms. The summed E-state index contributed by atoms with van der Waals surface area (Å²) in [6.45, 7) is 6.72. The Morgan fingerprint density at radius 1 is 1.35 bits per heavy atom. The molecule has 0 aliphatic heterocycles. The fraction of sp³-hybridized carbons (Fsp3) is 0.692. The first-order valence-corrected chi connectivity index (χ1v) is 7.29. The van der Waals surface area contributed by atoms with Crippen molar-refractivity contribution in [1.82, 2.24) is 9.97 Å². The van der Waals surface area contributed by atoms with Crippen LogP contribution in [0, 0.1) is 9.49 Å². The zero-order valence-electron chi connectivity index (χ0n) is 11.0. The second-order valence-electron chi connectivity index (χ2n) is 5.57. The maximum Gasteiger partial charge on any atom is 0.143 e. The average Bonchev–Trinajstić information content (AvgIpc) is 3.00. The van der Waals surface area contributed by atoms with Gasteiger partial charge in [-0.1, -0.05) is 20.8 Å². The van der Waals surface area contributed by atoms with Crippen LogP contribution in [0.15, 0.2) is 0 Å². The van der Waals surface area contributed by atoms with Crippen molar-refractivity contribution in [3.63, 3.8) is 0 Å². The molecule has 1 N–H and O–H groups in total. The molecule has 4 heteroatoms. The van der Waals surface area contributed by atoms with Crippen LogP contribution < -0.4 is 5.32 Å².